The van der Waals surface area contributed by atoms with Gasteiger partial charge < -0.3 is 16.2 Å². The second-order valence-corrected chi connectivity index (χ2v) is 6.86. The fraction of sp³-hybridized carbons (Fsp3) is 0.250. The Morgan fingerprint density at radius 3 is 2.45 bits per heavy atom. The molecule has 1 unspecified atom stereocenters. The summed E-state index contributed by atoms with van der Waals surface area (Å²) in [5.74, 6) is -0.0885. The van der Waals surface area contributed by atoms with Gasteiger partial charge in [-0.3, -0.25) is 4.79 Å². The Morgan fingerprint density at radius 1 is 1.10 bits per heavy atom. The zero-order chi connectivity index (χ0) is 21.4. The van der Waals surface area contributed by atoms with Crippen LogP contribution in [0.3, 0.4) is 0 Å². The van der Waals surface area contributed by atoms with E-state index in [4.69, 9.17) is 16.2 Å². The largest absolute Gasteiger partial charge is 0.425 e. The number of carbonyl (C=O) groups is 2. The van der Waals surface area contributed by atoms with E-state index in [9.17, 15) is 9.59 Å². The number of hydrogen-bond acceptors (Lipinski definition) is 5. The Hall–Kier alpha value is -3.02. The Balaban J connectivity index is 2.57. The molecule has 2 aromatic carbocycles. The van der Waals surface area contributed by atoms with Gasteiger partial charge in [0.15, 0.2) is 5.78 Å². The molecule has 0 saturated heterocycles. The van der Waals surface area contributed by atoms with Crippen molar-refractivity contribution in [3.63, 3.8) is 0 Å². The van der Waals surface area contributed by atoms with Crippen LogP contribution < -0.4 is 16.2 Å². The number of benzene rings is 2. The number of hydrogen-bond donors (Lipinski definition) is 2. The first-order valence-corrected chi connectivity index (χ1v) is 9.59. The maximum Gasteiger partial charge on any atom is 0.328 e. The normalized spacial score (nSPS) is 11.6. The van der Waals surface area contributed by atoms with Gasteiger partial charge in [-0.05, 0) is 61.2 Å². The summed E-state index contributed by atoms with van der Waals surface area (Å²) in [5, 5.41) is 0. The topological polar surface area (TPSA) is 95.4 Å². The molecular formula is C24H28N2O3. The van der Waals surface area contributed by atoms with Gasteiger partial charge in [0.05, 0.1) is 0 Å². The maximum absolute atomic E-state index is 12.4. The molecule has 4 N–H and O–H groups in total. The summed E-state index contributed by atoms with van der Waals surface area (Å²) in [4.78, 5) is 24.5. The van der Waals surface area contributed by atoms with E-state index in [1.54, 1.807) is 25.1 Å². The summed E-state index contributed by atoms with van der Waals surface area (Å²) in [6.45, 7) is 9.45. The quantitative estimate of drug-likeness (QED) is 0.279. The van der Waals surface area contributed by atoms with Gasteiger partial charge in [0.2, 0.25) is 0 Å². The summed E-state index contributed by atoms with van der Waals surface area (Å²) >= 11 is 0. The number of nitrogens with two attached hydrogens (primary N) is 2. The van der Waals surface area contributed by atoms with E-state index in [2.05, 4.69) is 13.2 Å². The van der Waals surface area contributed by atoms with Crippen molar-refractivity contribution in [2.45, 2.75) is 32.2 Å². The van der Waals surface area contributed by atoms with E-state index < -0.39 is 12.0 Å². The maximum atomic E-state index is 12.4. The van der Waals surface area contributed by atoms with Crippen LogP contribution in [0.2, 0.25) is 0 Å². The van der Waals surface area contributed by atoms with Crippen LogP contribution in [0.4, 0.5) is 0 Å². The minimum Gasteiger partial charge on any atom is -0.425 e. The molecule has 2 rings (SSSR count). The number of allylic oxidation sites excluding steroid dienone is 2. The van der Waals surface area contributed by atoms with E-state index in [1.165, 1.54) is 0 Å². The first-order valence-electron chi connectivity index (χ1n) is 9.59. The van der Waals surface area contributed by atoms with Crippen LogP contribution in [0.5, 0.6) is 5.75 Å². The molecule has 0 aliphatic heterocycles. The third kappa shape index (κ3) is 5.73. The van der Waals surface area contributed by atoms with Gasteiger partial charge in [-0.2, -0.15) is 0 Å². The van der Waals surface area contributed by atoms with Gasteiger partial charge in [0.1, 0.15) is 11.8 Å². The molecule has 0 aliphatic carbocycles. The summed E-state index contributed by atoms with van der Waals surface area (Å²) in [6.07, 6.45) is 5.07. The lowest BCUT2D eigenvalue weighted by Crippen LogP contribution is -2.31. The minimum absolute atomic E-state index is 0.0000779. The molecule has 0 bridgehead atoms. The standard InChI is InChI=1S/C24H28N2O3/c1-4-6-17-8-11-23(29-24(28)16(3)26)21(14-17)19-9-10-20(22(27)12-13-25)18(15-19)7-5-2/h4-5,8-11,14-16H,1-2,6-7,12-13,25-26H2,3H3. The zero-order valence-electron chi connectivity index (χ0n) is 16.8. The molecule has 0 radical (unpaired) electrons. The number of Topliss-reactive ketones (excluding diaryl/α,β-unsaturated/α-hetero) is 1. The molecule has 152 valence electrons. The molecule has 0 fully saturated rings. The summed E-state index contributed by atoms with van der Waals surface area (Å²) < 4.78 is 5.52. The molecule has 0 saturated carbocycles. The van der Waals surface area contributed by atoms with E-state index in [-0.39, 0.29) is 12.2 Å². The van der Waals surface area contributed by atoms with Crippen molar-refractivity contribution >= 4 is 11.8 Å². The molecule has 0 amide bonds. The third-order valence-corrected chi connectivity index (χ3v) is 4.46. The predicted molar refractivity (Wildman–Crippen MR) is 117 cm³/mol. The first-order chi connectivity index (χ1) is 13.9. The Bertz CT molecular complexity index is 916. The van der Waals surface area contributed by atoms with E-state index >= 15 is 0 Å². The number of esters is 1. The molecule has 0 heterocycles. The number of carbonyl (C=O) groups excluding carboxylic acids is 2. The molecular weight excluding hydrogens is 364 g/mol. The van der Waals surface area contributed by atoms with E-state index in [0.717, 1.165) is 22.3 Å². The summed E-state index contributed by atoms with van der Waals surface area (Å²) in [7, 11) is 0. The second kappa shape index (κ2) is 10.5. The lowest BCUT2D eigenvalue weighted by molar-refractivity contribution is -0.135. The SMILES string of the molecule is C=CCc1ccc(OC(=O)C(C)N)c(-c2ccc(C(=O)CCN)c(CC=C)c2)c1. The minimum atomic E-state index is -0.733. The average Bonchev–Trinajstić information content (AvgIpc) is 2.69. The Labute approximate surface area is 172 Å². The van der Waals surface area contributed by atoms with Crippen molar-refractivity contribution in [2.75, 3.05) is 6.54 Å². The highest BCUT2D eigenvalue weighted by atomic mass is 16.5. The average molecular weight is 392 g/mol. The van der Waals surface area contributed by atoms with Gasteiger partial charge in [-0.25, -0.2) is 4.79 Å². The van der Waals surface area contributed by atoms with Crippen molar-refractivity contribution in [3.05, 3.63) is 78.4 Å². The van der Waals surface area contributed by atoms with Crippen LogP contribution in [0, 0.1) is 0 Å². The molecule has 5 nitrogen and oxygen atoms in total. The lowest BCUT2D eigenvalue weighted by atomic mass is 9.93. The van der Waals surface area contributed by atoms with E-state index in [0.29, 0.717) is 30.7 Å². The van der Waals surface area contributed by atoms with Gasteiger partial charge >= 0.3 is 5.97 Å². The first kappa shape index (κ1) is 22.3. The van der Waals surface area contributed by atoms with Crippen LogP contribution in [-0.2, 0) is 17.6 Å². The number of ether oxygens (including phenoxy) is 1. The Kier molecular flexibility index (Phi) is 8.07. The van der Waals surface area contributed by atoms with Gasteiger partial charge in [0, 0.05) is 17.5 Å². The highest BCUT2D eigenvalue weighted by molar-refractivity contribution is 5.98. The monoisotopic (exact) mass is 392 g/mol. The van der Waals surface area contributed by atoms with Crippen LogP contribution in [0.15, 0.2) is 61.7 Å². The molecule has 0 aliphatic rings. The number of rotatable bonds is 10. The Morgan fingerprint density at radius 2 is 1.83 bits per heavy atom. The van der Waals surface area contributed by atoms with Crippen molar-refractivity contribution in [1.29, 1.82) is 0 Å². The van der Waals surface area contributed by atoms with Crippen molar-refractivity contribution < 1.29 is 14.3 Å². The fourth-order valence-electron chi connectivity index (χ4n) is 3.01. The van der Waals surface area contributed by atoms with Crippen molar-refractivity contribution in [2.24, 2.45) is 11.5 Å². The van der Waals surface area contributed by atoms with Crippen molar-refractivity contribution in [1.82, 2.24) is 0 Å². The summed E-state index contributed by atoms with van der Waals surface area (Å²) in [6, 6.07) is 10.5. The fourth-order valence-corrected chi connectivity index (χ4v) is 3.01. The highest BCUT2D eigenvalue weighted by Gasteiger charge is 2.17. The summed E-state index contributed by atoms with van der Waals surface area (Å²) in [5.41, 5.74) is 15.3. The zero-order valence-corrected chi connectivity index (χ0v) is 16.8. The van der Waals surface area contributed by atoms with Gasteiger partial charge in [-0.15, -0.1) is 13.2 Å². The molecule has 2 aromatic rings. The van der Waals surface area contributed by atoms with Crippen LogP contribution in [-0.4, -0.2) is 24.3 Å². The highest BCUT2D eigenvalue weighted by Crippen LogP contribution is 2.33. The number of ketones is 1. The third-order valence-electron chi connectivity index (χ3n) is 4.46. The second-order valence-electron chi connectivity index (χ2n) is 6.86. The predicted octanol–water partition coefficient (Wildman–Crippen LogP) is 3.59. The van der Waals surface area contributed by atoms with E-state index in [1.807, 2.05) is 30.3 Å². The molecule has 0 spiro atoms. The molecule has 29 heavy (non-hydrogen) atoms. The smallest absolute Gasteiger partial charge is 0.328 e. The van der Waals surface area contributed by atoms with Crippen LogP contribution >= 0.6 is 0 Å². The molecule has 1 atom stereocenters. The van der Waals surface area contributed by atoms with Crippen LogP contribution in [0.1, 0.15) is 34.8 Å². The van der Waals surface area contributed by atoms with Crippen LogP contribution in [0.25, 0.3) is 11.1 Å². The molecule has 5 heteroatoms. The van der Waals surface area contributed by atoms with Gasteiger partial charge in [-0.1, -0.05) is 30.4 Å². The van der Waals surface area contributed by atoms with Gasteiger partial charge in [0.25, 0.3) is 0 Å². The van der Waals surface area contributed by atoms with Crippen molar-refractivity contribution in [3.8, 4) is 16.9 Å². The molecule has 0 aromatic heterocycles. The lowest BCUT2D eigenvalue weighted by Gasteiger charge is -2.15.